The Bertz CT molecular complexity index is 716. The number of aliphatic hydroxyl groups excluding tert-OH is 1. The lowest BCUT2D eigenvalue weighted by molar-refractivity contribution is 0.0258. The van der Waals surface area contributed by atoms with Crippen LogP contribution in [0.2, 0.25) is 0 Å². The number of benzene rings is 1. The molecular weight excluding hydrogens is 372 g/mol. The van der Waals surface area contributed by atoms with Crippen molar-refractivity contribution in [3.05, 3.63) is 48.4 Å². The molecule has 2 heterocycles. The molecule has 8 nitrogen and oxygen atoms in total. The smallest absolute Gasteiger partial charge is 0.147 e. The third kappa shape index (κ3) is 6.93. The average Bonchev–Trinajstić information content (AvgIpc) is 2.75. The summed E-state index contributed by atoms with van der Waals surface area (Å²) in [5.41, 5.74) is 0.340. The van der Waals surface area contributed by atoms with Crippen LogP contribution in [0, 0.1) is 0 Å². The van der Waals surface area contributed by atoms with Crippen molar-refractivity contribution in [2.45, 2.75) is 25.0 Å². The minimum Gasteiger partial charge on any atom is -0.491 e. The third-order valence-electron chi connectivity index (χ3n) is 4.87. The van der Waals surface area contributed by atoms with E-state index in [-0.39, 0.29) is 6.61 Å². The normalized spacial score (nSPS) is 19.3. The van der Waals surface area contributed by atoms with E-state index in [1.165, 1.54) is 0 Å². The number of nitrogens with zero attached hydrogens (tertiary/aromatic N) is 3. The molecule has 3 rings (SSSR count). The first-order valence-corrected chi connectivity index (χ1v) is 10.0. The van der Waals surface area contributed by atoms with E-state index in [0.717, 1.165) is 36.5 Å². The molecule has 0 bridgehead atoms. The lowest BCUT2D eigenvalue weighted by atomic mass is 9.92. The standard InChI is InChI=1S/C21H30N4O4/c26-10-11-28-12-13-29-19-4-2-18(3-5-19)14-23-16-21(27)6-1-9-25(17-21)20-15-22-7-8-24-20/h2-5,7-8,15,23,26-27H,1,6,9-14,16-17H2/t21-/m0/s1. The van der Waals surface area contributed by atoms with Gasteiger partial charge >= 0.3 is 0 Å². The van der Waals surface area contributed by atoms with Crippen LogP contribution in [-0.2, 0) is 11.3 Å². The Hall–Kier alpha value is -2.26. The Labute approximate surface area is 171 Å². The SMILES string of the molecule is OCCOCCOc1ccc(CNC[C@@]2(O)CCCN(c3cnccn3)C2)cc1. The third-order valence-corrected chi connectivity index (χ3v) is 4.87. The number of piperidine rings is 1. The number of aliphatic hydroxyl groups is 2. The van der Waals surface area contributed by atoms with Crippen molar-refractivity contribution in [3.8, 4) is 5.75 Å². The molecule has 158 valence electrons. The highest BCUT2D eigenvalue weighted by atomic mass is 16.5. The van der Waals surface area contributed by atoms with Crippen LogP contribution in [0.1, 0.15) is 18.4 Å². The van der Waals surface area contributed by atoms with Crippen LogP contribution in [0.4, 0.5) is 5.82 Å². The van der Waals surface area contributed by atoms with Gasteiger partial charge < -0.3 is 29.9 Å². The first-order chi connectivity index (χ1) is 14.2. The van der Waals surface area contributed by atoms with Crippen LogP contribution in [0.3, 0.4) is 0 Å². The van der Waals surface area contributed by atoms with Crippen molar-refractivity contribution in [2.24, 2.45) is 0 Å². The first kappa shape index (κ1) is 21.4. The van der Waals surface area contributed by atoms with Gasteiger partial charge in [0.15, 0.2) is 0 Å². The summed E-state index contributed by atoms with van der Waals surface area (Å²) < 4.78 is 10.8. The minimum atomic E-state index is -0.784. The number of hydrogen-bond acceptors (Lipinski definition) is 8. The highest BCUT2D eigenvalue weighted by Crippen LogP contribution is 2.24. The average molecular weight is 402 g/mol. The van der Waals surface area contributed by atoms with Crippen LogP contribution in [-0.4, -0.2) is 71.8 Å². The Morgan fingerprint density at radius 1 is 1.14 bits per heavy atom. The predicted octanol–water partition coefficient (Wildman–Crippen LogP) is 0.985. The molecule has 0 radical (unpaired) electrons. The Balaban J connectivity index is 1.41. The zero-order chi connectivity index (χ0) is 20.4. The molecule has 0 unspecified atom stereocenters. The van der Waals surface area contributed by atoms with Crippen LogP contribution < -0.4 is 15.0 Å². The van der Waals surface area contributed by atoms with E-state index in [1.54, 1.807) is 18.6 Å². The maximum Gasteiger partial charge on any atom is 0.147 e. The van der Waals surface area contributed by atoms with Gasteiger partial charge in [-0.15, -0.1) is 0 Å². The summed E-state index contributed by atoms with van der Waals surface area (Å²) in [5.74, 6) is 1.59. The summed E-state index contributed by atoms with van der Waals surface area (Å²) in [6, 6.07) is 7.86. The van der Waals surface area contributed by atoms with Gasteiger partial charge in [-0.25, -0.2) is 4.98 Å². The zero-order valence-corrected chi connectivity index (χ0v) is 16.7. The molecule has 0 amide bonds. The molecule has 3 N–H and O–H groups in total. The van der Waals surface area contributed by atoms with Crippen molar-refractivity contribution < 1.29 is 19.7 Å². The van der Waals surface area contributed by atoms with E-state index in [9.17, 15) is 5.11 Å². The van der Waals surface area contributed by atoms with E-state index in [2.05, 4.69) is 20.2 Å². The summed E-state index contributed by atoms with van der Waals surface area (Å²) in [4.78, 5) is 10.6. The summed E-state index contributed by atoms with van der Waals surface area (Å²) in [5, 5.41) is 23.0. The van der Waals surface area contributed by atoms with E-state index in [1.807, 2.05) is 24.3 Å². The molecule has 1 aromatic heterocycles. The van der Waals surface area contributed by atoms with Crippen molar-refractivity contribution >= 4 is 5.82 Å². The largest absolute Gasteiger partial charge is 0.491 e. The zero-order valence-electron chi connectivity index (χ0n) is 16.7. The second-order valence-electron chi connectivity index (χ2n) is 7.25. The van der Waals surface area contributed by atoms with Gasteiger partial charge in [-0.3, -0.25) is 4.98 Å². The number of ether oxygens (including phenoxy) is 2. The molecule has 0 spiro atoms. The molecular formula is C21H30N4O4. The molecule has 8 heteroatoms. The molecule has 1 atom stereocenters. The highest BCUT2D eigenvalue weighted by Gasteiger charge is 2.33. The fourth-order valence-corrected chi connectivity index (χ4v) is 3.43. The van der Waals surface area contributed by atoms with Gasteiger partial charge in [-0.1, -0.05) is 12.1 Å². The van der Waals surface area contributed by atoms with E-state index >= 15 is 0 Å². The molecule has 29 heavy (non-hydrogen) atoms. The van der Waals surface area contributed by atoms with E-state index < -0.39 is 5.60 Å². The molecule has 2 aromatic rings. The van der Waals surface area contributed by atoms with Crippen LogP contribution in [0.15, 0.2) is 42.9 Å². The van der Waals surface area contributed by atoms with Gasteiger partial charge in [0.25, 0.3) is 0 Å². The molecule has 1 aliphatic rings. The highest BCUT2D eigenvalue weighted by molar-refractivity contribution is 5.36. The molecule has 1 fully saturated rings. The van der Waals surface area contributed by atoms with Gasteiger partial charge in [0.05, 0.1) is 31.6 Å². The maximum absolute atomic E-state index is 11.0. The van der Waals surface area contributed by atoms with Gasteiger partial charge in [-0.2, -0.15) is 0 Å². The molecule has 1 aromatic carbocycles. The Morgan fingerprint density at radius 3 is 2.76 bits per heavy atom. The number of nitrogens with one attached hydrogen (secondary N) is 1. The molecule has 1 saturated heterocycles. The van der Waals surface area contributed by atoms with Crippen LogP contribution >= 0.6 is 0 Å². The van der Waals surface area contributed by atoms with E-state index in [4.69, 9.17) is 14.6 Å². The lowest BCUT2D eigenvalue weighted by Crippen LogP contribution is -2.53. The monoisotopic (exact) mass is 402 g/mol. The molecule has 0 saturated carbocycles. The first-order valence-electron chi connectivity index (χ1n) is 10.0. The second kappa shape index (κ2) is 11.1. The van der Waals surface area contributed by atoms with Gasteiger partial charge in [-0.05, 0) is 30.5 Å². The summed E-state index contributed by atoms with van der Waals surface area (Å²) in [7, 11) is 0. The predicted molar refractivity (Wildman–Crippen MR) is 110 cm³/mol. The van der Waals surface area contributed by atoms with Gasteiger partial charge in [0.2, 0.25) is 0 Å². The number of anilines is 1. The number of hydrogen-bond donors (Lipinski definition) is 3. The van der Waals surface area contributed by atoms with Crippen LogP contribution in [0.25, 0.3) is 0 Å². The second-order valence-corrected chi connectivity index (χ2v) is 7.25. The number of rotatable bonds is 11. The minimum absolute atomic E-state index is 0.0230. The van der Waals surface area contributed by atoms with Crippen LogP contribution in [0.5, 0.6) is 5.75 Å². The Kier molecular flexibility index (Phi) is 8.18. The van der Waals surface area contributed by atoms with Crippen molar-refractivity contribution in [2.75, 3.05) is 51.0 Å². The Morgan fingerprint density at radius 2 is 2.00 bits per heavy atom. The molecule has 1 aliphatic heterocycles. The molecule has 0 aliphatic carbocycles. The number of β-amino-alcohol motifs (C(OH)–C–C–N with tert-alkyl or cyclic N) is 1. The van der Waals surface area contributed by atoms with Gasteiger partial charge in [0.1, 0.15) is 18.2 Å². The topological polar surface area (TPSA) is 100.0 Å². The van der Waals surface area contributed by atoms with E-state index in [0.29, 0.717) is 39.5 Å². The maximum atomic E-state index is 11.0. The quantitative estimate of drug-likeness (QED) is 0.479. The summed E-state index contributed by atoms with van der Waals surface area (Å²) >= 11 is 0. The fourth-order valence-electron chi connectivity index (χ4n) is 3.43. The van der Waals surface area contributed by atoms with Gasteiger partial charge in [0, 0.05) is 38.6 Å². The lowest BCUT2D eigenvalue weighted by Gasteiger charge is -2.39. The number of aromatic nitrogens is 2. The summed E-state index contributed by atoms with van der Waals surface area (Å²) in [6.45, 7) is 3.88. The summed E-state index contributed by atoms with van der Waals surface area (Å²) in [6.07, 6.45) is 6.76. The van der Waals surface area contributed by atoms with Crippen molar-refractivity contribution in [1.29, 1.82) is 0 Å². The van der Waals surface area contributed by atoms with Crippen molar-refractivity contribution in [1.82, 2.24) is 15.3 Å². The fraction of sp³-hybridized carbons (Fsp3) is 0.524. The van der Waals surface area contributed by atoms with Crippen molar-refractivity contribution in [3.63, 3.8) is 0 Å².